The molecule has 0 aliphatic carbocycles. The van der Waals surface area contributed by atoms with E-state index in [-0.39, 0.29) is 12.0 Å². The first-order valence-electron chi connectivity index (χ1n) is 8.85. The molecule has 3 rings (SSSR count). The van der Waals surface area contributed by atoms with Crippen molar-refractivity contribution in [2.45, 2.75) is 18.9 Å². The van der Waals surface area contributed by atoms with Crippen LogP contribution >= 0.6 is 0 Å². The van der Waals surface area contributed by atoms with E-state index >= 15 is 0 Å². The second kappa shape index (κ2) is 8.17. The summed E-state index contributed by atoms with van der Waals surface area (Å²) in [4.78, 5) is 16.8. The summed E-state index contributed by atoms with van der Waals surface area (Å²) in [6.07, 6.45) is 2.02. The standard InChI is InChI=1S/C21H26N2O2/c1-22(2)19-10-6-9-18(15-19)21(24)23-13-14-25-20(16-23)12-11-17-7-4-3-5-8-17/h3-10,15,20H,11-14,16H2,1-2H3. The topological polar surface area (TPSA) is 32.8 Å². The van der Waals surface area contributed by atoms with Crippen molar-refractivity contribution in [3.63, 3.8) is 0 Å². The SMILES string of the molecule is CN(C)c1cccc(C(=O)N2CCOC(CCc3ccccc3)C2)c1. The van der Waals surface area contributed by atoms with Gasteiger partial charge in [0, 0.05) is 38.4 Å². The average molecular weight is 338 g/mol. The molecule has 2 aromatic carbocycles. The van der Waals surface area contributed by atoms with Gasteiger partial charge >= 0.3 is 0 Å². The van der Waals surface area contributed by atoms with Crippen LogP contribution in [0.1, 0.15) is 22.3 Å². The lowest BCUT2D eigenvalue weighted by Gasteiger charge is -2.33. The molecule has 1 aliphatic rings. The smallest absolute Gasteiger partial charge is 0.254 e. The van der Waals surface area contributed by atoms with Gasteiger partial charge in [-0.1, -0.05) is 36.4 Å². The lowest BCUT2D eigenvalue weighted by molar-refractivity contribution is -0.0246. The van der Waals surface area contributed by atoms with Crippen molar-refractivity contribution in [3.8, 4) is 0 Å². The van der Waals surface area contributed by atoms with Gasteiger partial charge in [0.15, 0.2) is 0 Å². The van der Waals surface area contributed by atoms with Gasteiger partial charge < -0.3 is 14.5 Å². The Labute approximate surface area is 150 Å². The highest BCUT2D eigenvalue weighted by molar-refractivity contribution is 5.95. The fourth-order valence-electron chi connectivity index (χ4n) is 3.15. The summed E-state index contributed by atoms with van der Waals surface area (Å²) in [5.74, 6) is 0.0942. The molecule has 1 amide bonds. The number of nitrogens with zero attached hydrogens (tertiary/aromatic N) is 2. The third kappa shape index (κ3) is 4.60. The van der Waals surface area contributed by atoms with Crippen molar-refractivity contribution in [1.82, 2.24) is 4.90 Å². The number of aryl methyl sites for hydroxylation is 1. The molecule has 0 N–H and O–H groups in total. The van der Waals surface area contributed by atoms with Crippen molar-refractivity contribution < 1.29 is 9.53 Å². The highest BCUT2D eigenvalue weighted by Crippen LogP contribution is 2.18. The number of morpholine rings is 1. The number of amides is 1. The molecule has 1 aliphatic heterocycles. The van der Waals surface area contributed by atoms with Crippen LogP contribution in [0.3, 0.4) is 0 Å². The van der Waals surface area contributed by atoms with E-state index in [4.69, 9.17) is 4.74 Å². The Bertz CT molecular complexity index is 700. The number of carbonyl (C=O) groups excluding carboxylic acids is 1. The van der Waals surface area contributed by atoms with E-state index in [1.165, 1.54) is 5.56 Å². The lowest BCUT2D eigenvalue weighted by Crippen LogP contribution is -2.45. The number of rotatable bonds is 5. The number of benzene rings is 2. The maximum atomic E-state index is 12.8. The minimum Gasteiger partial charge on any atom is -0.378 e. The average Bonchev–Trinajstić information content (AvgIpc) is 2.67. The Morgan fingerprint density at radius 1 is 1.16 bits per heavy atom. The maximum Gasteiger partial charge on any atom is 0.254 e. The minimum absolute atomic E-state index is 0.0942. The predicted molar refractivity (Wildman–Crippen MR) is 101 cm³/mol. The van der Waals surface area contributed by atoms with E-state index in [1.807, 2.05) is 54.2 Å². The molecule has 4 heteroatoms. The van der Waals surface area contributed by atoms with Crippen molar-refractivity contribution >= 4 is 11.6 Å². The van der Waals surface area contributed by atoms with E-state index in [2.05, 4.69) is 24.3 Å². The Balaban J connectivity index is 1.60. The van der Waals surface area contributed by atoms with Crippen molar-refractivity contribution in [2.75, 3.05) is 38.7 Å². The molecule has 132 valence electrons. The summed E-state index contributed by atoms with van der Waals surface area (Å²) >= 11 is 0. The van der Waals surface area contributed by atoms with Crippen LogP contribution in [0.5, 0.6) is 0 Å². The first kappa shape index (κ1) is 17.5. The molecule has 0 saturated carbocycles. The zero-order valence-corrected chi connectivity index (χ0v) is 15.0. The molecule has 1 saturated heterocycles. The monoisotopic (exact) mass is 338 g/mol. The Morgan fingerprint density at radius 3 is 2.72 bits per heavy atom. The third-order valence-corrected chi connectivity index (χ3v) is 4.63. The summed E-state index contributed by atoms with van der Waals surface area (Å²) < 4.78 is 5.88. The molecule has 0 radical (unpaired) electrons. The summed E-state index contributed by atoms with van der Waals surface area (Å²) in [6.45, 7) is 1.93. The summed E-state index contributed by atoms with van der Waals surface area (Å²) in [7, 11) is 3.97. The molecular formula is C21H26N2O2. The maximum absolute atomic E-state index is 12.8. The molecule has 0 spiro atoms. The largest absolute Gasteiger partial charge is 0.378 e. The van der Waals surface area contributed by atoms with Gasteiger partial charge in [0.25, 0.3) is 5.91 Å². The number of carbonyl (C=O) groups is 1. The fourth-order valence-corrected chi connectivity index (χ4v) is 3.15. The first-order chi connectivity index (χ1) is 12.1. The molecule has 1 heterocycles. The molecule has 2 aromatic rings. The molecule has 25 heavy (non-hydrogen) atoms. The number of hydrogen-bond donors (Lipinski definition) is 0. The predicted octanol–water partition coefficient (Wildman–Crippen LogP) is 3.23. The van der Waals surface area contributed by atoms with Gasteiger partial charge in [-0.3, -0.25) is 4.79 Å². The van der Waals surface area contributed by atoms with Gasteiger partial charge in [0.1, 0.15) is 0 Å². The van der Waals surface area contributed by atoms with Crippen LogP contribution in [0.15, 0.2) is 54.6 Å². The van der Waals surface area contributed by atoms with Gasteiger partial charge in [0.2, 0.25) is 0 Å². The first-order valence-corrected chi connectivity index (χ1v) is 8.85. The van der Waals surface area contributed by atoms with Crippen LogP contribution in [0.25, 0.3) is 0 Å². The normalized spacial score (nSPS) is 17.4. The highest BCUT2D eigenvalue weighted by atomic mass is 16.5. The number of hydrogen-bond acceptors (Lipinski definition) is 3. The minimum atomic E-state index is 0.0942. The molecular weight excluding hydrogens is 312 g/mol. The van der Waals surface area contributed by atoms with E-state index in [1.54, 1.807) is 0 Å². The molecule has 1 fully saturated rings. The second-order valence-electron chi connectivity index (χ2n) is 6.71. The Morgan fingerprint density at radius 2 is 1.96 bits per heavy atom. The van der Waals surface area contributed by atoms with Crippen LogP contribution in [0.2, 0.25) is 0 Å². The quantitative estimate of drug-likeness (QED) is 0.839. The highest BCUT2D eigenvalue weighted by Gasteiger charge is 2.25. The van der Waals surface area contributed by atoms with Gasteiger partial charge in [-0.25, -0.2) is 0 Å². The second-order valence-corrected chi connectivity index (χ2v) is 6.71. The van der Waals surface area contributed by atoms with Crippen LogP contribution < -0.4 is 4.90 Å². The van der Waals surface area contributed by atoms with Gasteiger partial charge in [-0.2, -0.15) is 0 Å². The van der Waals surface area contributed by atoms with Gasteiger partial charge in [-0.15, -0.1) is 0 Å². The number of ether oxygens (including phenoxy) is 1. The van der Waals surface area contributed by atoms with Gasteiger partial charge in [0.05, 0.1) is 12.7 Å². The molecule has 0 aromatic heterocycles. The zero-order valence-electron chi connectivity index (χ0n) is 15.0. The van der Waals surface area contributed by atoms with Crippen molar-refractivity contribution in [1.29, 1.82) is 0 Å². The van der Waals surface area contributed by atoms with E-state index in [0.29, 0.717) is 19.7 Å². The van der Waals surface area contributed by atoms with E-state index < -0.39 is 0 Å². The van der Waals surface area contributed by atoms with Gasteiger partial charge in [-0.05, 0) is 36.6 Å². The van der Waals surface area contributed by atoms with Crippen LogP contribution in [0.4, 0.5) is 5.69 Å². The van der Waals surface area contributed by atoms with E-state index in [0.717, 1.165) is 24.1 Å². The summed E-state index contributed by atoms with van der Waals surface area (Å²) in [5.41, 5.74) is 3.10. The third-order valence-electron chi connectivity index (χ3n) is 4.63. The van der Waals surface area contributed by atoms with Crippen LogP contribution in [0, 0.1) is 0 Å². The fraction of sp³-hybridized carbons (Fsp3) is 0.381. The Kier molecular flexibility index (Phi) is 5.71. The molecule has 0 bridgehead atoms. The zero-order chi connectivity index (χ0) is 17.6. The lowest BCUT2D eigenvalue weighted by atomic mass is 10.1. The van der Waals surface area contributed by atoms with Crippen LogP contribution in [-0.4, -0.2) is 50.7 Å². The Hall–Kier alpha value is -2.33. The number of anilines is 1. The molecule has 1 unspecified atom stereocenters. The molecule has 4 nitrogen and oxygen atoms in total. The molecule has 1 atom stereocenters. The van der Waals surface area contributed by atoms with Crippen molar-refractivity contribution in [3.05, 3.63) is 65.7 Å². The van der Waals surface area contributed by atoms with Crippen molar-refractivity contribution in [2.24, 2.45) is 0 Å². The summed E-state index contributed by atoms with van der Waals surface area (Å²) in [6, 6.07) is 18.2. The van der Waals surface area contributed by atoms with Crippen LogP contribution in [-0.2, 0) is 11.2 Å². The van der Waals surface area contributed by atoms with E-state index in [9.17, 15) is 4.79 Å². The summed E-state index contributed by atoms with van der Waals surface area (Å²) in [5, 5.41) is 0.